The van der Waals surface area contributed by atoms with Gasteiger partial charge < -0.3 is 10.1 Å². The number of nitrogens with one attached hydrogen (secondary N) is 1. The molecule has 78 valence electrons. The minimum atomic E-state index is -0.772. The first-order chi connectivity index (χ1) is 7.18. The van der Waals surface area contributed by atoms with Crippen LogP contribution >= 0.6 is 0 Å². The summed E-state index contributed by atoms with van der Waals surface area (Å²) in [4.78, 5) is 17.7. The number of aromatic nitrogens is 2. The van der Waals surface area contributed by atoms with Crippen LogP contribution in [0.25, 0.3) is 11.0 Å². The topological polar surface area (TPSA) is 66.0 Å². The second-order valence-electron chi connectivity index (χ2n) is 3.56. The third-order valence-electron chi connectivity index (χ3n) is 2.47. The van der Waals surface area contributed by atoms with Crippen LogP contribution in [0.5, 0.6) is 0 Å². The molecule has 2 aromatic rings. The average molecular weight is 204 g/mol. The second kappa shape index (κ2) is 3.73. The number of carbonyl (C=O) groups is 1. The van der Waals surface area contributed by atoms with Crippen LogP contribution in [0.4, 0.5) is 0 Å². The summed E-state index contributed by atoms with van der Waals surface area (Å²) in [7, 11) is 0. The Hall–Kier alpha value is -1.84. The van der Waals surface area contributed by atoms with Gasteiger partial charge in [0, 0.05) is 24.2 Å². The Bertz CT molecular complexity index is 502. The molecule has 0 saturated heterocycles. The Kier molecular flexibility index (Phi) is 2.41. The second-order valence-corrected chi connectivity index (χ2v) is 3.56. The van der Waals surface area contributed by atoms with Crippen molar-refractivity contribution in [3.05, 3.63) is 29.6 Å². The van der Waals surface area contributed by atoms with E-state index in [4.69, 9.17) is 5.11 Å². The molecule has 0 aliphatic heterocycles. The van der Waals surface area contributed by atoms with Crippen molar-refractivity contribution in [1.29, 1.82) is 0 Å². The summed E-state index contributed by atoms with van der Waals surface area (Å²) in [6, 6.07) is 1.93. The van der Waals surface area contributed by atoms with Gasteiger partial charge in [0.25, 0.3) is 0 Å². The number of carboxylic acids is 1. The Morgan fingerprint density at radius 1 is 1.60 bits per heavy atom. The fourth-order valence-corrected chi connectivity index (χ4v) is 1.74. The van der Waals surface area contributed by atoms with Crippen molar-refractivity contribution in [3.63, 3.8) is 0 Å². The number of aliphatic carboxylic acids is 1. The van der Waals surface area contributed by atoms with E-state index in [0.717, 1.165) is 22.2 Å². The number of aromatic amines is 1. The summed E-state index contributed by atoms with van der Waals surface area (Å²) in [6.07, 6.45) is 4.28. The maximum absolute atomic E-state index is 10.5. The highest BCUT2D eigenvalue weighted by Gasteiger charge is 2.08. The number of nitrogens with zero attached hydrogens (tertiary/aromatic N) is 1. The summed E-state index contributed by atoms with van der Waals surface area (Å²) in [5, 5.41) is 9.68. The molecule has 0 aliphatic rings. The highest BCUT2D eigenvalue weighted by Crippen LogP contribution is 2.21. The summed E-state index contributed by atoms with van der Waals surface area (Å²) in [6.45, 7) is 2.00. The average Bonchev–Trinajstić information content (AvgIpc) is 2.59. The third kappa shape index (κ3) is 1.83. The van der Waals surface area contributed by atoms with Gasteiger partial charge in [-0.1, -0.05) is 0 Å². The van der Waals surface area contributed by atoms with Crippen LogP contribution in [0.3, 0.4) is 0 Å². The van der Waals surface area contributed by atoms with Gasteiger partial charge in [0.2, 0.25) is 0 Å². The highest BCUT2D eigenvalue weighted by molar-refractivity contribution is 5.83. The van der Waals surface area contributed by atoms with Crippen molar-refractivity contribution < 1.29 is 9.90 Å². The first kappa shape index (κ1) is 9.71. The van der Waals surface area contributed by atoms with Crippen LogP contribution in [0.1, 0.15) is 17.5 Å². The summed E-state index contributed by atoms with van der Waals surface area (Å²) in [5.41, 5.74) is 2.98. The molecule has 4 heteroatoms. The number of rotatable bonds is 3. The Balaban J connectivity index is 2.39. The lowest BCUT2D eigenvalue weighted by Gasteiger charge is -1.99. The van der Waals surface area contributed by atoms with Gasteiger partial charge in [-0.05, 0) is 30.5 Å². The number of carboxylic acid groups (broad SMARTS) is 1. The van der Waals surface area contributed by atoms with Crippen LogP contribution in [0.15, 0.2) is 18.5 Å². The molecular formula is C11H12N2O2. The molecule has 0 unspecified atom stereocenters. The maximum atomic E-state index is 10.5. The molecule has 0 saturated carbocycles. The first-order valence-corrected chi connectivity index (χ1v) is 4.82. The van der Waals surface area contributed by atoms with E-state index in [-0.39, 0.29) is 6.42 Å². The van der Waals surface area contributed by atoms with Gasteiger partial charge in [0.15, 0.2) is 0 Å². The van der Waals surface area contributed by atoms with E-state index >= 15 is 0 Å². The van der Waals surface area contributed by atoms with E-state index in [0.29, 0.717) is 6.42 Å². The number of fused-ring (bicyclic) bond motifs is 1. The van der Waals surface area contributed by atoms with Gasteiger partial charge in [-0.25, -0.2) is 4.98 Å². The summed E-state index contributed by atoms with van der Waals surface area (Å²) in [5.74, 6) is -0.772. The van der Waals surface area contributed by atoms with Gasteiger partial charge in [-0.15, -0.1) is 0 Å². The zero-order chi connectivity index (χ0) is 10.8. The molecule has 0 radical (unpaired) electrons. The molecule has 0 atom stereocenters. The summed E-state index contributed by atoms with van der Waals surface area (Å²) >= 11 is 0. The molecule has 2 N–H and O–H groups in total. The molecule has 0 fully saturated rings. The lowest BCUT2D eigenvalue weighted by Crippen LogP contribution is -1.97. The fraction of sp³-hybridized carbons (Fsp3) is 0.273. The van der Waals surface area contributed by atoms with Gasteiger partial charge in [0.05, 0.1) is 0 Å². The molecule has 2 rings (SSSR count). The zero-order valence-electron chi connectivity index (χ0n) is 8.45. The zero-order valence-corrected chi connectivity index (χ0v) is 8.45. The number of hydrogen-bond acceptors (Lipinski definition) is 2. The molecule has 0 aliphatic carbocycles. The number of pyridine rings is 1. The molecule has 2 heterocycles. The van der Waals surface area contributed by atoms with E-state index in [1.807, 2.05) is 19.2 Å². The number of H-pyrrole nitrogens is 1. The van der Waals surface area contributed by atoms with E-state index in [1.165, 1.54) is 0 Å². The molecule has 4 nitrogen and oxygen atoms in total. The molecule has 0 bridgehead atoms. The van der Waals surface area contributed by atoms with Crippen LogP contribution in [0.2, 0.25) is 0 Å². The standard InChI is InChI=1S/C11H12N2O2/c1-7-4-5-12-11-10(7)8(6-13-11)2-3-9(14)15/h4-6H,2-3H2,1H3,(H,12,13)(H,14,15). The minimum Gasteiger partial charge on any atom is -0.481 e. The SMILES string of the molecule is Cc1ccnc2[nH]cc(CCC(=O)O)c12. The number of hydrogen-bond donors (Lipinski definition) is 2. The quantitative estimate of drug-likeness (QED) is 0.802. The van der Waals surface area contributed by atoms with E-state index < -0.39 is 5.97 Å². The van der Waals surface area contributed by atoms with Crippen LogP contribution in [0, 0.1) is 6.92 Å². The van der Waals surface area contributed by atoms with Crippen molar-refractivity contribution >= 4 is 17.0 Å². The van der Waals surface area contributed by atoms with E-state index in [1.54, 1.807) is 6.20 Å². The van der Waals surface area contributed by atoms with E-state index in [9.17, 15) is 4.79 Å². The normalized spacial score (nSPS) is 10.7. The van der Waals surface area contributed by atoms with Crippen molar-refractivity contribution in [2.45, 2.75) is 19.8 Å². The van der Waals surface area contributed by atoms with Gasteiger partial charge >= 0.3 is 5.97 Å². The molecule has 15 heavy (non-hydrogen) atoms. The monoisotopic (exact) mass is 204 g/mol. The number of aryl methyl sites for hydroxylation is 2. The van der Waals surface area contributed by atoms with Crippen LogP contribution in [-0.2, 0) is 11.2 Å². The third-order valence-corrected chi connectivity index (χ3v) is 2.47. The summed E-state index contributed by atoms with van der Waals surface area (Å²) < 4.78 is 0. The highest BCUT2D eigenvalue weighted by atomic mass is 16.4. The lowest BCUT2D eigenvalue weighted by atomic mass is 10.1. The van der Waals surface area contributed by atoms with E-state index in [2.05, 4.69) is 9.97 Å². The van der Waals surface area contributed by atoms with Crippen molar-refractivity contribution in [2.24, 2.45) is 0 Å². The fourth-order valence-electron chi connectivity index (χ4n) is 1.74. The van der Waals surface area contributed by atoms with Gasteiger partial charge in [0.1, 0.15) is 5.65 Å². The van der Waals surface area contributed by atoms with Crippen molar-refractivity contribution in [3.8, 4) is 0 Å². The Labute approximate surface area is 87.0 Å². The largest absolute Gasteiger partial charge is 0.481 e. The minimum absolute atomic E-state index is 0.154. The first-order valence-electron chi connectivity index (χ1n) is 4.82. The molecule has 0 aromatic carbocycles. The molecule has 0 amide bonds. The molecular weight excluding hydrogens is 192 g/mol. The van der Waals surface area contributed by atoms with Gasteiger partial charge in [-0.2, -0.15) is 0 Å². The molecule has 2 aromatic heterocycles. The van der Waals surface area contributed by atoms with Gasteiger partial charge in [-0.3, -0.25) is 4.79 Å². The van der Waals surface area contributed by atoms with Crippen LogP contribution < -0.4 is 0 Å². The maximum Gasteiger partial charge on any atom is 0.303 e. The molecule has 0 spiro atoms. The predicted molar refractivity (Wildman–Crippen MR) is 56.8 cm³/mol. The van der Waals surface area contributed by atoms with Crippen molar-refractivity contribution in [1.82, 2.24) is 9.97 Å². The predicted octanol–water partition coefficient (Wildman–Crippen LogP) is 1.89. The Morgan fingerprint density at radius 2 is 2.40 bits per heavy atom. The van der Waals surface area contributed by atoms with Crippen molar-refractivity contribution in [2.75, 3.05) is 0 Å². The smallest absolute Gasteiger partial charge is 0.303 e. The Morgan fingerprint density at radius 3 is 3.13 bits per heavy atom. The van der Waals surface area contributed by atoms with Crippen LogP contribution in [-0.4, -0.2) is 21.0 Å². The lowest BCUT2D eigenvalue weighted by molar-refractivity contribution is -0.136.